The normalized spacial score (nSPS) is 14.1. The van der Waals surface area contributed by atoms with Gasteiger partial charge in [0.15, 0.2) is 0 Å². The number of nitrogens with one attached hydrogen (secondary N) is 2. The Kier molecular flexibility index (Phi) is 4.15. The fourth-order valence-corrected chi connectivity index (χ4v) is 2.69. The Bertz CT molecular complexity index is 734. The lowest BCUT2D eigenvalue weighted by Gasteiger charge is -2.17. The number of halogens is 1. The number of rotatable bonds is 3. The molecular formula is C16H16ClN3O2. The molecule has 0 unspecified atom stereocenters. The molecule has 1 saturated heterocycles. The number of benzene rings is 1. The largest absolute Gasteiger partial charge is 0.372 e. The molecule has 1 amide bonds. The van der Waals surface area contributed by atoms with Crippen LogP contribution >= 0.6 is 11.6 Å². The summed E-state index contributed by atoms with van der Waals surface area (Å²) in [5, 5.41) is 2.78. The van der Waals surface area contributed by atoms with E-state index in [-0.39, 0.29) is 10.9 Å². The van der Waals surface area contributed by atoms with Gasteiger partial charge in [0.05, 0.1) is 5.56 Å². The molecule has 3 rings (SSSR count). The number of nitrogens with zero attached hydrogens (tertiary/aromatic N) is 1. The Balaban J connectivity index is 1.70. The van der Waals surface area contributed by atoms with Gasteiger partial charge < -0.3 is 15.2 Å². The fraction of sp³-hybridized carbons (Fsp3) is 0.250. The Morgan fingerprint density at radius 2 is 1.86 bits per heavy atom. The lowest BCUT2D eigenvalue weighted by atomic mass is 10.2. The predicted molar refractivity (Wildman–Crippen MR) is 87.9 cm³/mol. The number of carbonyl (C=O) groups is 1. The van der Waals surface area contributed by atoms with Gasteiger partial charge in [-0.25, -0.2) is 0 Å². The van der Waals surface area contributed by atoms with Gasteiger partial charge in [0.25, 0.3) is 11.5 Å². The van der Waals surface area contributed by atoms with Gasteiger partial charge >= 0.3 is 0 Å². The van der Waals surface area contributed by atoms with Gasteiger partial charge in [-0.1, -0.05) is 11.6 Å². The second kappa shape index (κ2) is 6.23. The minimum absolute atomic E-state index is 0.00275. The number of aromatic nitrogens is 1. The number of pyridine rings is 1. The molecule has 0 saturated carbocycles. The molecule has 6 heteroatoms. The molecule has 1 aromatic carbocycles. The average molecular weight is 318 g/mol. The van der Waals surface area contributed by atoms with Crippen molar-refractivity contribution >= 4 is 28.9 Å². The van der Waals surface area contributed by atoms with Gasteiger partial charge in [-0.3, -0.25) is 9.59 Å². The summed E-state index contributed by atoms with van der Waals surface area (Å²) in [5.74, 6) is -0.313. The monoisotopic (exact) mass is 317 g/mol. The van der Waals surface area contributed by atoms with Gasteiger partial charge in [0, 0.05) is 30.7 Å². The van der Waals surface area contributed by atoms with Crippen molar-refractivity contribution in [2.24, 2.45) is 0 Å². The molecule has 1 fully saturated rings. The van der Waals surface area contributed by atoms with Crippen molar-refractivity contribution in [1.82, 2.24) is 4.98 Å². The third kappa shape index (κ3) is 3.14. The molecule has 114 valence electrons. The molecule has 2 heterocycles. The Morgan fingerprint density at radius 1 is 1.18 bits per heavy atom. The number of H-pyrrole nitrogens is 1. The van der Waals surface area contributed by atoms with Crippen molar-refractivity contribution in [1.29, 1.82) is 0 Å². The van der Waals surface area contributed by atoms with Gasteiger partial charge in [-0.05, 0) is 43.2 Å². The summed E-state index contributed by atoms with van der Waals surface area (Å²) < 4.78 is 0. The van der Waals surface area contributed by atoms with E-state index in [1.807, 2.05) is 24.3 Å². The van der Waals surface area contributed by atoms with Gasteiger partial charge in [-0.2, -0.15) is 0 Å². The molecule has 0 aliphatic carbocycles. The number of hydrogen-bond acceptors (Lipinski definition) is 3. The zero-order valence-electron chi connectivity index (χ0n) is 11.9. The van der Waals surface area contributed by atoms with Crippen molar-refractivity contribution < 1.29 is 4.79 Å². The summed E-state index contributed by atoms with van der Waals surface area (Å²) in [7, 11) is 0. The third-order valence-electron chi connectivity index (χ3n) is 3.72. The first-order valence-corrected chi connectivity index (χ1v) is 7.56. The van der Waals surface area contributed by atoms with Crippen LogP contribution in [-0.4, -0.2) is 24.0 Å². The van der Waals surface area contributed by atoms with Crippen LogP contribution < -0.4 is 15.8 Å². The first-order chi connectivity index (χ1) is 10.6. The molecule has 0 atom stereocenters. The van der Waals surface area contributed by atoms with E-state index in [1.165, 1.54) is 30.8 Å². The standard InChI is InChI=1S/C16H16ClN3O2/c17-14-9-11(10-18-16(14)22)15(21)19-12-3-5-13(6-4-12)20-7-1-2-8-20/h3-6,9-10H,1-2,7-8H2,(H,18,22)(H,19,21). The van der Waals surface area contributed by atoms with Crippen LogP contribution in [0.5, 0.6) is 0 Å². The summed E-state index contributed by atoms with van der Waals surface area (Å²) in [6.07, 6.45) is 3.80. The van der Waals surface area contributed by atoms with E-state index >= 15 is 0 Å². The predicted octanol–water partition coefficient (Wildman–Crippen LogP) is 2.88. The van der Waals surface area contributed by atoms with E-state index in [1.54, 1.807) is 0 Å². The Hall–Kier alpha value is -2.27. The SMILES string of the molecule is O=C(Nc1ccc(N2CCCC2)cc1)c1c[nH]c(=O)c(Cl)c1. The topological polar surface area (TPSA) is 65.2 Å². The van der Waals surface area contributed by atoms with Gasteiger partial charge in [0.2, 0.25) is 0 Å². The molecule has 2 aromatic rings. The van der Waals surface area contributed by atoms with E-state index in [0.717, 1.165) is 13.1 Å². The van der Waals surface area contributed by atoms with E-state index < -0.39 is 5.56 Å². The van der Waals surface area contributed by atoms with Gasteiger partial charge in [0.1, 0.15) is 5.02 Å². The van der Waals surface area contributed by atoms with Crippen LogP contribution in [0, 0.1) is 0 Å². The average Bonchev–Trinajstić information content (AvgIpc) is 3.05. The molecular weight excluding hydrogens is 302 g/mol. The van der Waals surface area contributed by atoms with E-state index in [4.69, 9.17) is 11.6 Å². The van der Waals surface area contributed by atoms with Crippen LogP contribution in [0.25, 0.3) is 0 Å². The minimum atomic E-state index is -0.409. The maximum atomic E-state index is 12.1. The Labute approximate surface area is 132 Å². The third-order valence-corrected chi connectivity index (χ3v) is 4.00. The number of anilines is 2. The van der Waals surface area contributed by atoms with Crippen molar-refractivity contribution in [3.63, 3.8) is 0 Å². The lowest BCUT2D eigenvalue weighted by molar-refractivity contribution is 0.102. The van der Waals surface area contributed by atoms with Crippen LogP contribution in [0.2, 0.25) is 5.02 Å². The Morgan fingerprint density at radius 3 is 2.50 bits per heavy atom. The first-order valence-electron chi connectivity index (χ1n) is 7.18. The zero-order valence-corrected chi connectivity index (χ0v) is 12.7. The van der Waals surface area contributed by atoms with Crippen LogP contribution in [0.3, 0.4) is 0 Å². The summed E-state index contributed by atoms with van der Waals surface area (Å²) >= 11 is 5.73. The van der Waals surface area contributed by atoms with Crippen LogP contribution in [0.15, 0.2) is 41.3 Å². The first kappa shape index (κ1) is 14.7. The van der Waals surface area contributed by atoms with Crippen molar-refractivity contribution in [3.05, 3.63) is 57.5 Å². The quantitative estimate of drug-likeness (QED) is 0.915. The van der Waals surface area contributed by atoms with Crippen molar-refractivity contribution in [3.8, 4) is 0 Å². The number of carbonyl (C=O) groups excluding carboxylic acids is 1. The summed E-state index contributed by atoms with van der Waals surface area (Å²) in [4.78, 5) is 28.1. The maximum absolute atomic E-state index is 12.1. The molecule has 5 nitrogen and oxygen atoms in total. The second-order valence-electron chi connectivity index (χ2n) is 5.26. The molecule has 1 aliphatic heterocycles. The van der Waals surface area contributed by atoms with Crippen molar-refractivity contribution in [2.45, 2.75) is 12.8 Å². The van der Waals surface area contributed by atoms with E-state index in [9.17, 15) is 9.59 Å². The van der Waals surface area contributed by atoms with E-state index in [0.29, 0.717) is 11.3 Å². The highest BCUT2D eigenvalue weighted by Crippen LogP contribution is 2.22. The van der Waals surface area contributed by atoms with Crippen LogP contribution in [0.4, 0.5) is 11.4 Å². The minimum Gasteiger partial charge on any atom is -0.372 e. The van der Waals surface area contributed by atoms with E-state index in [2.05, 4.69) is 15.2 Å². The summed E-state index contributed by atoms with van der Waals surface area (Å²) in [5.41, 5.74) is 1.78. The van der Waals surface area contributed by atoms with Crippen LogP contribution in [0.1, 0.15) is 23.2 Å². The lowest BCUT2D eigenvalue weighted by Crippen LogP contribution is -2.18. The number of hydrogen-bond donors (Lipinski definition) is 2. The fourth-order valence-electron chi connectivity index (χ4n) is 2.52. The molecule has 0 radical (unpaired) electrons. The van der Waals surface area contributed by atoms with Gasteiger partial charge in [-0.15, -0.1) is 0 Å². The molecule has 1 aromatic heterocycles. The second-order valence-corrected chi connectivity index (χ2v) is 5.67. The van der Waals surface area contributed by atoms with Crippen molar-refractivity contribution in [2.75, 3.05) is 23.3 Å². The summed E-state index contributed by atoms with van der Waals surface area (Å²) in [6.45, 7) is 2.17. The summed E-state index contributed by atoms with van der Waals surface area (Å²) in [6, 6.07) is 9.10. The molecule has 0 bridgehead atoms. The number of amides is 1. The smallest absolute Gasteiger partial charge is 0.266 e. The molecule has 22 heavy (non-hydrogen) atoms. The number of aromatic amines is 1. The molecule has 1 aliphatic rings. The molecule has 2 N–H and O–H groups in total. The highest BCUT2D eigenvalue weighted by molar-refractivity contribution is 6.30. The maximum Gasteiger partial charge on any atom is 0.266 e. The highest BCUT2D eigenvalue weighted by Gasteiger charge is 2.12. The highest BCUT2D eigenvalue weighted by atomic mass is 35.5. The van der Waals surface area contributed by atoms with Crippen LogP contribution in [-0.2, 0) is 0 Å². The molecule has 0 spiro atoms. The zero-order chi connectivity index (χ0) is 15.5.